The summed E-state index contributed by atoms with van der Waals surface area (Å²) in [6.07, 6.45) is 0. The third kappa shape index (κ3) is 3.48. The van der Waals surface area contributed by atoms with Gasteiger partial charge in [-0.25, -0.2) is 4.79 Å². The van der Waals surface area contributed by atoms with Crippen molar-refractivity contribution in [1.29, 1.82) is 0 Å². The van der Waals surface area contributed by atoms with Crippen LogP contribution in [-0.2, 0) is 14.3 Å². The van der Waals surface area contributed by atoms with Gasteiger partial charge in [-0.1, -0.05) is 28.1 Å². The lowest BCUT2D eigenvalue weighted by Gasteiger charge is -2.26. The van der Waals surface area contributed by atoms with Gasteiger partial charge in [-0.05, 0) is 36.8 Å². The summed E-state index contributed by atoms with van der Waals surface area (Å²) in [6, 6.07) is 11.2. The second-order valence-corrected chi connectivity index (χ2v) is 6.80. The maximum atomic E-state index is 12.8. The molecule has 1 amide bonds. The zero-order valence-corrected chi connectivity index (χ0v) is 16.3. The number of non-ortho nitro benzene ring substituents is 1. The predicted octanol–water partition coefficient (Wildman–Crippen LogP) is 3.82. The van der Waals surface area contributed by atoms with Crippen LogP contribution in [0.4, 0.5) is 11.4 Å². The maximum absolute atomic E-state index is 12.8. The number of halogens is 1. The molecule has 0 aliphatic carbocycles. The van der Waals surface area contributed by atoms with Crippen LogP contribution < -0.4 is 4.90 Å². The fraction of sp³-hybridized carbons (Fsp3) is 0.158. The number of aliphatic hydroxyl groups is 1. The van der Waals surface area contributed by atoms with Crippen LogP contribution in [0.5, 0.6) is 0 Å². The van der Waals surface area contributed by atoms with E-state index in [0.717, 1.165) is 4.47 Å². The lowest BCUT2D eigenvalue weighted by Crippen LogP contribution is -2.31. The van der Waals surface area contributed by atoms with E-state index in [4.69, 9.17) is 4.74 Å². The van der Waals surface area contributed by atoms with E-state index in [0.29, 0.717) is 11.3 Å². The van der Waals surface area contributed by atoms with Gasteiger partial charge in [0.1, 0.15) is 5.57 Å². The van der Waals surface area contributed by atoms with Gasteiger partial charge in [0.15, 0.2) is 5.76 Å². The van der Waals surface area contributed by atoms with Gasteiger partial charge in [-0.3, -0.25) is 19.8 Å². The lowest BCUT2D eigenvalue weighted by atomic mass is 9.98. The van der Waals surface area contributed by atoms with E-state index in [-0.39, 0.29) is 17.9 Å². The summed E-state index contributed by atoms with van der Waals surface area (Å²) in [5.74, 6) is -2.38. The Hall–Kier alpha value is -3.20. The molecule has 2 aromatic rings. The Bertz CT molecular complexity index is 986. The van der Waals surface area contributed by atoms with Gasteiger partial charge in [-0.15, -0.1) is 0 Å². The number of ether oxygens (including phenoxy) is 1. The molecule has 0 saturated carbocycles. The van der Waals surface area contributed by atoms with Crippen LogP contribution in [0.2, 0.25) is 0 Å². The van der Waals surface area contributed by atoms with Gasteiger partial charge < -0.3 is 9.84 Å². The molecule has 1 heterocycles. The molecule has 9 heteroatoms. The quantitative estimate of drug-likeness (QED) is 0.424. The van der Waals surface area contributed by atoms with Crippen molar-refractivity contribution in [2.45, 2.75) is 13.0 Å². The molecule has 1 atom stereocenters. The van der Waals surface area contributed by atoms with Crippen LogP contribution in [0, 0.1) is 10.1 Å². The van der Waals surface area contributed by atoms with Crippen molar-refractivity contribution >= 4 is 39.2 Å². The van der Waals surface area contributed by atoms with Crippen molar-refractivity contribution in [2.24, 2.45) is 0 Å². The molecule has 1 aliphatic heterocycles. The highest BCUT2D eigenvalue weighted by atomic mass is 79.9. The standard InChI is InChI=1S/C19H15BrN2O6/c1-2-28-19(25)15-16(11-4-3-5-14(10-11)22(26)27)21(18(24)17(15)23)13-8-6-12(20)7-9-13/h3-10,16,23H,2H2,1H3/t16-/m0/s1. The van der Waals surface area contributed by atoms with E-state index in [1.807, 2.05) is 0 Å². The molecule has 0 spiro atoms. The first-order valence-electron chi connectivity index (χ1n) is 8.28. The minimum Gasteiger partial charge on any atom is -0.503 e. The molecule has 2 aromatic carbocycles. The smallest absolute Gasteiger partial charge is 0.340 e. The summed E-state index contributed by atoms with van der Waals surface area (Å²) in [6.45, 7) is 1.64. The summed E-state index contributed by atoms with van der Waals surface area (Å²) < 4.78 is 5.78. The average molecular weight is 447 g/mol. The van der Waals surface area contributed by atoms with Gasteiger partial charge in [0, 0.05) is 22.3 Å². The second kappa shape index (κ2) is 7.81. The molecule has 3 rings (SSSR count). The van der Waals surface area contributed by atoms with Crippen LogP contribution >= 0.6 is 15.9 Å². The number of nitro groups is 1. The third-order valence-corrected chi connectivity index (χ3v) is 4.73. The molecule has 144 valence electrons. The molecule has 0 unspecified atom stereocenters. The number of amides is 1. The Morgan fingerprint density at radius 1 is 1.29 bits per heavy atom. The number of hydrogen-bond donors (Lipinski definition) is 1. The molecular formula is C19H15BrN2O6. The summed E-state index contributed by atoms with van der Waals surface area (Å²) in [7, 11) is 0. The number of anilines is 1. The molecule has 1 N–H and O–H groups in total. The third-order valence-electron chi connectivity index (χ3n) is 4.21. The highest BCUT2D eigenvalue weighted by molar-refractivity contribution is 9.10. The fourth-order valence-electron chi connectivity index (χ4n) is 3.01. The normalized spacial score (nSPS) is 16.4. The van der Waals surface area contributed by atoms with Crippen molar-refractivity contribution in [2.75, 3.05) is 11.5 Å². The summed E-state index contributed by atoms with van der Waals surface area (Å²) >= 11 is 3.31. The monoisotopic (exact) mass is 446 g/mol. The highest BCUT2D eigenvalue weighted by Gasteiger charge is 2.45. The number of aliphatic hydroxyl groups excluding tert-OH is 1. The molecule has 0 fully saturated rings. The topological polar surface area (TPSA) is 110 Å². The highest BCUT2D eigenvalue weighted by Crippen LogP contribution is 2.41. The van der Waals surface area contributed by atoms with Crippen molar-refractivity contribution in [3.63, 3.8) is 0 Å². The van der Waals surface area contributed by atoms with Crippen LogP contribution in [0.1, 0.15) is 18.5 Å². The molecular weight excluding hydrogens is 432 g/mol. The Balaban J connectivity index is 2.18. The summed E-state index contributed by atoms with van der Waals surface area (Å²) in [5, 5.41) is 21.6. The van der Waals surface area contributed by atoms with Crippen LogP contribution in [0.25, 0.3) is 0 Å². The van der Waals surface area contributed by atoms with Gasteiger partial charge in [0.25, 0.3) is 11.6 Å². The van der Waals surface area contributed by atoms with Crippen LogP contribution in [-0.4, -0.2) is 28.5 Å². The number of carbonyl (C=O) groups excluding carboxylic acids is 2. The Morgan fingerprint density at radius 3 is 2.57 bits per heavy atom. The van der Waals surface area contributed by atoms with Crippen molar-refractivity contribution in [1.82, 2.24) is 0 Å². The molecule has 0 bridgehead atoms. The largest absolute Gasteiger partial charge is 0.503 e. The Kier molecular flexibility index (Phi) is 5.46. The lowest BCUT2D eigenvalue weighted by molar-refractivity contribution is -0.384. The molecule has 0 saturated heterocycles. The van der Waals surface area contributed by atoms with E-state index >= 15 is 0 Å². The van der Waals surface area contributed by atoms with Crippen molar-refractivity contribution in [3.8, 4) is 0 Å². The Labute approximate surface area is 168 Å². The number of nitro benzene ring substituents is 1. The molecule has 0 radical (unpaired) electrons. The minimum absolute atomic E-state index is 0.0454. The first-order valence-corrected chi connectivity index (χ1v) is 9.08. The van der Waals surface area contributed by atoms with E-state index in [1.165, 1.54) is 23.1 Å². The van der Waals surface area contributed by atoms with Crippen LogP contribution in [0.15, 0.2) is 64.3 Å². The number of hydrogen-bond acceptors (Lipinski definition) is 6. The average Bonchev–Trinajstić information content (AvgIpc) is 2.94. The van der Waals surface area contributed by atoms with Crippen LogP contribution in [0.3, 0.4) is 0 Å². The molecule has 8 nitrogen and oxygen atoms in total. The zero-order valence-electron chi connectivity index (χ0n) is 14.7. The summed E-state index contributed by atoms with van der Waals surface area (Å²) in [5.41, 5.74) is 0.263. The van der Waals surface area contributed by atoms with E-state index in [2.05, 4.69) is 15.9 Å². The van der Waals surface area contributed by atoms with E-state index in [1.54, 1.807) is 37.3 Å². The zero-order chi connectivity index (χ0) is 20.4. The van der Waals surface area contributed by atoms with E-state index in [9.17, 15) is 24.8 Å². The van der Waals surface area contributed by atoms with Crippen molar-refractivity contribution in [3.05, 3.63) is 80.0 Å². The predicted molar refractivity (Wildman–Crippen MR) is 104 cm³/mol. The number of nitrogens with zero attached hydrogens (tertiary/aromatic N) is 2. The molecule has 28 heavy (non-hydrogen) atoms. The first-order chi connectivity index (χ1) is 13.3. The SMILES string of the molecule is CCOC(=O)C1=C(O)C(=O)N(c2ccc(Br)cc2)[C@H]1c1cccc([N+](=O)[O-])c1. The first kappa shape index (κ1) is 19.6. The van der Waals surface area contributed by atoms with Gasteiger partial charge in [-0.2, -0.15) is 0 Å². The number of esters is 1. The minimum atomic E-state index is -1.06. The maximum Gasteiger partial charge on any atom is 0.340 e. The van der Waals surface area contributed by atoms with E-state index < -0.39 is 28.6 Å². The fourth-order valence-corrected chi connectivity index (χ4v) is 3.28. The summed E-state index contributed by atoms with van der Waals surface area (Å²) in [4.78, 5) is 37.1. The van der Waals surface area contributed by atoms with Gasteiger partial charge >= 0.3 is 5.97 Å². The number of rotatable bonds is 5. The molecule has 1 aliphatic rings. The number of carbonyl (C=O) groups is 2. The van der Waals surface area contributed by atoms with Crippen molar-refractivity contribution < 1.29 is 24.4 Å². The Morgan fingerprint density at radius 2 is 1.96 bits per heavy atom. The van der Waals surface area contributed by atoms with Gasteiger partial charge in [0.2, 0.25) is 0 Å². The number of benzene rings is 2. The molecule has 0 aromatic heterocycles. The second-order valence-electron chi connectivity index (χ2n) is 5.89. The van der Waals surface area contributed by atoms with Gasteiger partial charge in [0.05, 0.1) is 17.6 Å².